The van der Waals surface area contributed by atoms with E-state index in [2.05, 4.69) is 0 Å². The monoisotopic (exact) mass is 292 g/mol. The van der Waals surface area contributed by atoms with Crippen LogP contribution in [-0.4, -0.2) is 48.3 Å². The first-order chi connectivity index (χ1) is 10.2. The summed E-state index contributed by atoms with van der Waals surface area (Å²) >= 11 is 0. The topological polar surface area (TPSA) is 85.0 Å². The molecule has 3 rings (SSSR count). The Morgan fingerprint density at radius 1 is 1.19 bits per heavy atom. The van der Waals surface area contributed by atoms with E-state index in [0.29, 0.717) is 30.3 Å². The van der Waals surface area contributed by atoms with Gasteiger partial charge in [-0.1, -0.05) is 6.07 Å². The molecule has 1 amide bonds. The first-order valence-electron chi connectivity index (χ1n) is 7.29. The van der Waals surface area contributed by atoms with Crippen molar-refractivity contribution >= 4 is 5.91 Å². The number of fused-ring (bicyclic) bond motifs is 1. The number of ether oxygens (including phenoxy) is 2. The molecule has 1 unspecified atom stereocenters. The van der Waals surface area contributed by atoms with Crippen LogP contribution in [0, 0.1) is 0 Å². The minimum atomic E-state index is -1.05. The molecule has 6 heteroatoms. The van der Waals surface area contributed by atoms with Gasteiger partial charge in [0.25, 0.3) is 0 Å². The van der Waals surface area contributed by atoms with Gasteiger partial charge < -0.3 is 25.2 Å². The molecule has 2 atom stereocenters. The lowest BCUT2D eigenvalue weighted by Gasteiger charge is -2.25. The molecule has 2 heterocycles. The van der Waals surface area contributed by atoms with Crippen LogP contribution in [0.5, 0.6) is 11.5 Å². The zero-order chi connectivity index (χ0) is 14.8. The van der Waals surface area contributed by atoms with Crippen molar-refractivity contribution in [3.8, 4) is 11.5 Å². The number of carbonyl (C=O) groups excluding carboxylic acids is 1. The maximum atomic E-state index is 12.2. The van der Waals surface area contributed by atoms with Crippen LogP contribution in [-0.2, 0) is 4.79 Å². The van der Waals surface area contributed by atoms with E-state index in [0.717, 1.165) is 25.9 Å². The summed E-state index contributed by atoms with van der Waals surface area (Å²) in [5, 5.41) is 10.4. The van der Waals surface area contributed by atoms with Gasteiger partial charge in [0.05, 0.1) is 0 Å². The van der Waals surface area contributed by atoms with Crippen LogP contribution in [0.2, 0.25) is 0 Å². The molecule has 0 spiro atoms. The number of amides is 1. The first-order valence-corrected chi connectivity index (χ1v) is 7.29. The fraction of sp³-hybridized carbons (Fsp3) is 0.533. The molecule has 0 saturated carbocycles. The lowest BCUT2D eigenvalue weighted by molar-refractivity contribution is -0.134. The molecule has 1 aromatic rings. The summed E-state index contributed by atoms with van der Waals surface area (Å²) in [6.45, 7) is 2.44. The first kappa shape index (κ1) is 14.2. The predicted molar refractivity (Wildman–Crippen MR) is 76.2 cm³/mol. The third kappa shape index (κ3) is 2.82. The Labute approximate surface area is 123 Å². The molecule has 114 valence electrons. The Hall–Kier alpha value is -1.79. The Bertz CT molecular complexity index is 528. The standard InChI is InChI=1S/C15H20N2O4/c16-13(15(19)17-5-1-2-6-17)14(18)10-3-4-11-12(9-10)21-8-7-20-11/h3-4,9,13-14,18H,1-2,5-8,16H2/t13-,14?/m0/s1. The molecule has 0 radical (unpaired) electrons. The summed E-state index contributed by atoms with van der Waals surface area (Å²) in [7, 11) is 0. The average Bonchev–Trinajstić information content (AvgIpc) is 3.06. The highest BCUT2D eigenvalue weighted by molar-refractivity contribution is 5.82. The van der Waals surface area contributed by atoms with Crippen LogP contribution in [0.25, 0.3) is 0 Å². The zero-order valence-corrected chi connectivity index (χ0v) is 11.8. The number of aliphatic hydroxyl groups is 1. The Morgan fingerprint density at radius 2 is 1.86 bits per heavy atom. The van der Waals surface area contributed by atoms with Crippen molar-refractivity contribution in [3.63, 3.8) is 0 Å². The van der Waals surface area contributed by atoms with Gasteiger partial charge in [-0.2, -0.15) is 0 Å². The van der Waals surface area contributed by atoms with Crippen LogP contribution >= 0.6 is 0 Å². The molecule has 1 aromatic carbocycles. The molecule has 2 aliphatic rings. The molecule has 1 fully saturated rings. The number of likely N-dealkylation sites (tertiary alicyclic amines) is 1. The Kier molecular flexibility index (Phi) is 3.98. The van der Waals surface area contributed by atoms with Crippen LogP contribution in [0.4, 0.5) is 0 Å². The normalized spacial score (nSPS) is 20.2. The second-order valence-electron chi connectivity index (χ2n) is 5.41. The second-order valence-corrected chi connectivity index (χ2v) is 5.41. The minimum absolute atomic E-state index is 0.199. The summed E-state index contributed by atoms with van der Waals surface area (Å²) in [4.78, 5) is 13.9. The summed E-state index contributed by atoms with van der Waals surface area (Å²) in [5.74, 6) is 1.03. The molecule has 6 nitrogen and oxygen atoms in total. The smallest absolute Gasteiger partial charge is 0.242 e. The summed E-state index contributed by atoms with van der Waals surface area (Å²) in [6, 6.07) is 4.19. The second kappa shape index (κ2) is 5.91. The molecule has 21 heavy (non-hydrogen) atoms. The molecule has 0 aromatic heterocycles. The number of hydrogen-bond donors (Lipinski definition) is 2. The number of nitrogens with two attached hydrogens (primary N) is 1. The number of nitrogens with zero attached hydrogens (tertiary/aromatic N) is 1. The van der Waals surface area contributed by atoms with Gasteiger partial charge in [0, 0.05) is 13.1 Å². The average molecular weight is 292 g/mol. The van der Waals surface area contributed by atoms with E-state index < -0.39 is 12.1 Å². The molecular weight excluding hydrogens is 272 g/mol. The van der Waals surface area contributed by atoms with Crippen molar-refractivity contribution in [1.29, 1.82) is 0 Å². The lowest BCUT2D eigenvalue weighted by atomic mass is 10.0. The number of aliphatic hydroxyl groups excluding tert-OH is 1. The van der Waals surface area contributed by atoms with Gasteiger partial charge in [0.1, 0.15) is 25.4 Å². The summed E-state index contributed by atoms with van der Waals surface area (Å²) in [6.07, 6.45) is 0.950. The van der Waals surface area contributed by atoms with Crippen molar-refractivity contribution in [2.24, 2.45) is 5.73 Å². The van der Waals surface area contributed by atoms with Gasteiger partial charge in [-0.05, 0) is 30.5 Å². The van der Waals surface area contributed by atoms with E-state index in [9.17, 15) is 9.90 Å². The molecule has 0 aliphatic carbocycles. The van der Waals surface area contributed by atoms with Crippen LogP contribution in [0.1, 0.15) is 24.5 Å². The maximum absolute atomic E-state index is 12.2. The van der Waals surface area contributed by atoms with Gasteiger partial charge in [0.15, 0.2) is 11.5 Å². The Balaban J connectivity index is 1.74. The molecule has 1 saturated heterocycles. The predicted octanol–water partition coefficient (Wildman–Crippen LogP) is 0.441. The van der Waals surface area contributed by atoms with Gasteiger partial charge in [-0.15, -0.1) is 0 Å². The van der Waals surface area contributed by atoms with E-state index in [1.165, 1.54) is 0 Å². The van der Waals surface area contributed by atoms with E-state index in [1.807, 2.05) is 0 Å². The van der Waals surface area contributed by atoms with Gasteiger partial charge >= 0.3 is 0 Å². The fourth-order valence-electron chi connectivity index (χ4n) is 2.73. The SMILES string of the molecule is N[C@H](C(=O)N1CCCC1)C(O)c1ccc2c(c1)OCCO2. The highest BCUT2D eigenvalue weighted by Gasteiger charge is 2.30. The van der Waals surface area contributed by atoms with Gasteiger partial charge in [-0.25, -0.2) is 0 Å². The molecule has 0 bridgehead atoms. The number of benzene rings is 1. The van der Waals surface area contributed by atoms with E-state index >= 15 is 0 Å². The largest absolute Gasteiger partial charge is 0.486 e. The van der Waals surface area contributed by atoms with Crippen molar-refractivity contribution < 1.29 is 19.4 Å². The highest BCUT2D eigenvalue weighted by Crippen LogP contribution is 2.33. The van der Waals surface area contributed by atoms with Crippen LogP contribution < -0.4 is 15.2 Å². The lowest BCUT2D eigenvalue weighted by Crippen LogP contribution is -2.45. The minimum Gasteiger partial charge on any atom is -0.486 e. The van der Waals surface area contributed by atoms with Crippen LogP contribution in [0.15, 0.2) is 18.2 Å². The van der Waals surface area contributed by atoms with Crippen molar-refractivity contribution in [3.05, 3.63) is 23.8 Å². The molecular formula is C15H20N2O4. The number of rotatable bonds is 3. The quantitative estimate of drug-likeness (QED) is 0.844. The van der Waals surface area contributed by atoms with Crippen molar-refractivity contribution in [2.75, 3.05) is 26.3 Å². The van der Waals surface area contributed by atoms with Crippen LogP contribution in [0.3, 0.4) is 0 Å². The molecule has 3 N–H and O–H groups in total. The highest BCUT2D eigenvalue weighted by atomic mass is 16.6. The van der Waals surface area contributed by atoms with Gasteiger partial charge in [0.2, 0.25) is 5.91 Å². The maximum Gasteiger partial charge on any atom is 0.242 e. The summed E-state index contributed by atoms with van der Waals surface area (Å²) in [5.41, 5.74) is 6.50. The third-order valence-corrected chi connectivity index (χ3v) is 3.95. The van der Waals surface area contributed by atoms with E-state index in [-0.39, 0.29) is 5.91 Å². The number of carbonyl (C=O) groups is 1. The number of hydrogen-bond acceptors (Lipinski definition) is 5. The van der Waals surface area contributed by atoms with Gasteiger partial charge in [-0.3, -0.25) is 4.79 Å². The summed E-state index contributed by atoms with van der Waals surface area (Å²) < 4.78 is 10.9. The molecule has 2 aliphatic heterocycles. The Morgan fingerprint density at radius 3 is 2.57 bits per heavy atom. The van der Waals surface area contributed by atoms with Crippen molar-refractivity contribution in [2.45, 2.75) is 25.0 Å². The zero-order valence-electron chi connectivity index (χ0n) is 11.8. The van der Waals surface area contributed by atoms with E-state index in [4.69, 9.17) is 15.2 Å². The van der Waals surface area contributed by atoms with Crippen molar-refractivity contribution in [1.82, 2.24) is 4.90 Å². The fourth-order valence-corrected chi connectivity index (χ4v) is 2.73. The van der Waals surface area contributed by atoms with E-state index in [1.54, 1.807) is 23.1 Å². The third-order valence-electron chi connectivity index (χ3n) is 3.95.